The number of benzene rings is 5. The molecule has 0 bridgehead atoms. The number of alkyl halides is 6. The van der Waals surface area contributed by atoms with Crippen molar-refractivity contribution < 1.29 is 35.2 Å². The summed E-state index contributed by atoms with van der Waals surface area (Å²) in [4.78, 5) is 7.06. The number of thiophene rings is 1. The zero-order valence-corrected chi connectivity index (χ0v) is 69.4. The van der Waals surface area contributed by atoms with E-state index in [0.29, 0.717) is 17.5 Å². The maximum absolute atomic E-state index is 12.0. The van der Waals surface area contributed by atoms with Crippen molar-refractivity contribution >= 4 is 11.3 Å². The fraction of sp³-hybridized carbons (Fsp3) is 0.299. The van der Waals surface area contributed by atoms with Crippen molar-refractivity contribution in [1.29, 1.82) is 0 Å². The first-order chi connectivity index (χ1) is 52.8. The lowest BCUT2D eigenvalue weighted by Crippen LogP contribution is -2.19. The lowest BCUT2D eigenvalue weighted by atomic mass is 10.1. The number of para-hydroxylation sites is 3. The van der Waals surface area contributed by atoms with Gasteiger partial charge in [0.1, 0.15) is 40.6 Å². The summed E-state index contributed by atoms with van der Waals surface area (Å²) in [7, 11) is 4.13. The molecule has 0 aliphatic rings. The molecule has 0 aliphatic carbocycles. The molecule has 25 heteroatoms. The number of nitrogens with zero attached hydrogens (tertiary/aromatic N) is 16. The number of rotatable bonds is 5. The molecule has 592 valence electrons. The molecule has 10 heterocycles. The highest BCUT2D eigenvalue weighted by Crippen LogP contribution is 2.31. The van der Waals surface area contributed by atoms with E-state index in [0.717, 1.165) is 57.3 Å². The minimum Gasteiger partial charge on any atom is -0.461 e. The molecule has 0 radical (unpaired) electrons. The van der Waals surface area contributed by atoms with Gasteiger partial charge in [-0.2, -0.15) is 14.9 Å². The van der Waals surface area contributed by atoms with Gasteiger partial charge in [0, 0.05) is 94.5 Å². The molecule has 0 fully saturated rings. The van der Waals surface area contributed by atoms with Gasteiger partial charge in [-0.25, -0.2) is 14.2 Å². The van der Waals surface area contributed by atoms with E-state index in [1.54, 1.807) is 13.8 Å². The van der Waals surface area contributed by atoms with E-state index in [9.17, 15) is 26.3 Å². The van der Waals surface area contributed by atoms with Crippen LogP contribution < -0.4 is 0 Å². The molecule has 0 aliphatic heterocycles. The molecule has 0 N–H and O–H groups in total. The first-order valence-electron chi connectivity index (χ1n) is 36.1. The summed E-state index contributed by atoms with van der Waals surface area (Å²) in [5, 5.41) is 29.4. The second-order valence-electron chi connectivity index (χ2n) is 26.6. The second kappa shape index (κ2) is 41.3. The van der Waals surface area contributed by atoms with E-state index in [-0.39, 0.29) is 26.6 Å². The molecule has 5 aromatic carbocycles. The number of imidazole rings is 1. The summed E-state index contributed by atoms with van der Waals surface area (Å²) < 4.78 is 93.1. The van der Waals surface area contributed by atoms with Crippen LogP contribution in [0, 0.1) is 152 Å². The van der Waals surface area contributed by atoms with E-state index in [1.165, 1.54) is 106 Å². The van der Waals surface area contributed by atoms with Crippen molar-refractivity contribution in [2.45, 2.75) is 165 Å². The Labute approximate surface area is 658 Å². The fourth-order valence-corrected chi connectivity index (χ4v) is 12.3. The molecular formula is C87H104F6N16O2S. The van der Waals surface area contributed by atoms with Crippen molar-refractivity contribution in [3.8, 4) is 38.8 Å². The van der Waals surface area contributed by atoms with Crippen LogP contribution >= 0.6 is 11.3 Å². The zero-order chi connectivity index (χ0) is 82.9. The number of aromatic nitrogens is 16. The summed E-state index contributed by atoms with van der Waals surface area (Å²) in [5.41, 5.74) is 20.3. The molecular weight excluding hydrogens is 1450 g/mol. The Hall–Kier alpha value is -11.7. The van der Waals surface area contributed by atoms with Gasteiger partial charge in [-0.1, -0.05) is 115 Å². The Bertz CT molecular complexity index is 4950. The third-order valence-corrected chi connectivity index (χ3v) is 18.9. The Morgan fingerprint density at radius 3 is 1.09 bits per heavy atom. The van der Waals surface area contributed by atoms with Crippen molar-refractivity contribution in [3.05, 3.63) is 319 Å². The van der Waals surface area contributed by atoms with E-state index < -0.39 is 12.6 Å². The molecule has 18 nitrogen and oxygen atoms in total. The second-order valence-corrected chi connectivity index (χ2v) is 27.9. The Kier molecular flexibility index (Phi) is 32.9. The number of furan rings is 1. The normalized spacial score (nSPS) is 10.6. The number of hydrogen-bond acceptors (Lipinski definition) is 12. The summed E-state index contributed by atoms with van der Waals surface area (Å²) in [6.45, 7) is 42.1. The maximum atomic E-state index is 12.0. The van der Waals surface area contributed by atoms with E-state index in [2.05, 4.69) is 251 Å². The first-order valence-corrected chi connectivity index (χ1v) is 37.0. The minimum absolute atomic E-state index is 0.0579. The van der Waals surface area contributed by atoms with Gasteiger partial charge in [-0.15, -0.1) is 68.3 Å². The van der Waals surface area contributed by atoms with Gasteiger partial charge in [0.25, 0.3) is 0 Å². The molecule has 0 saturated heterocycles. The van der Waals surface area contributed by atoms with Crippen LogP contribution in [0.15, 0.2) is 203 Å². The monoisotopic (exact) mass is 1550 g/mol. The van der Waals surface area contributed by atoms with Crippen molar-refractivity contribution in [2.75, 3.05) is 0 Å². The van der Waals surface area contributed by atoms with Crippen LogP contribution in [0.3, 0.4) is 0 Å². The molecule has 0 unspecified atom stereocenters. The summed E-state index contributed by atoms with van der Waals surface area (Å²) in [5.74, 6) is 5.84. The zero-order valence-electron chi connectivity index (χ0n) is 68.6. The Morgan fingerprint density at radius 2 is 0.786 bits per heavy atom. The lowest BCUT2D eigenvalue weighted by Gasteiger charge is -2.08. The maximum Gasteiger partial charge on any atom is 0.504 e. The van der Waals surface area contributed by atoms with Crippen LogP contribution in [-0.4, -0.2) is 78.0 Å². The van der Waals surface area contributed by atoms with Gasteiger partial charge in [0.2, 0.25) is 11.8 Å². The molecule has 15 aromatic rings. The van der Waals surface area contributed by atoms with Gasteiger partial charge in [0.05, 0.1) is 22.8 Å². The number of aryl methyl sites for hydroxylation is 20. The molecule has 112 heavy (non-hydrogen) atoms. The van der Waals surface area contributed by atoms with E-state index >= 15 is 0 Å². The van der Waals surface area contributed by atoms with Gasteiger partial charge < -0.3 is 22.5 Å². The standard InChI is InChI=1S/C12H13N.C12H12O.C12H12S.C11H12N2.C10H11N3.C8H13N.C7H12N2.C6H7F3N2.C5H6F3N3.C4H6N2O/c1-10-8-9-11(2)13(10)12-6-4-3-5-7-12;2*1-9-8-12(13-10(9)2)11-6-4-3-5-7-11;1-9-8-10(2)13(12-9)11-6-4-3-5-7-11;1-8-11-12-9(2)13(8)10-6-4-3-5-7-10;1-6-5-7(2)9(4)8(6)3;1-5-6(2)9(4)7(3)8-5;1-4-3-5(2)11(10-4)6(7,8)9;1-3-9-10-4(2)11(3)5(6,7)8;1-3-5-6-4(2)7-3/h3-9H,1-2H3;3*3-8H,1-2H3;3-7H,1-2H3;5H,1-4H3;1-4H3;3H,1-2H3;1-2H3;1-2H3. The minimum atomic E-state index is -4.41. The van der Waals surface area contributed by atoms with Gasteiger partial charge in [0.15, 0.2) is 0 Å². The summed E-state index contributed by atoms with van der Waals surface area (Å²) in [6.07, 6.45) is -8.80. The highest BCUT2D eigenvalue weighted by molar-refractivity contribution is 7.15. The molecule has 15 rings (SSSR count). The van der Waals surface area contributed by atoms with Crippen LogP contribution in [0.4, 0.5) is 26.3 Å². The van der Waals surface area contributed by atoms with E-state index in [4.69, 9.17) is 8.83 Å². The van der Waals surface area contributed by atoms with Crippen LogP contribution in [0.5, 0.6) is 0 Å². The average molecular weight is 1550 g/mol. The largest absolute Gasteiger partial charge is 0.504 e. The van der Waals surface area contributed by atoms with Gasteiger partial charge >= 0.3 is 12.6 Å². The SMILES string of the molecule is Cc1cc(-c2ccccc2)oc1C.Cc1cc(-c2ccccc2)sc1C.Cc1cc(C)n(-c2ccccc2)n1.Cc1cc(C)n(C(F)(F)F)n1.Cc1cc(C)n(C)c1C.Cc1ccc(C)n1-c1ccccc1.Cc1nc(C)n(C)c1C.Cc1nnc(C)n1-c1ccccc1.Cc1nnc(C)n1C(F)(F)F.Cc1nnc(C)o1. The molecule has 0 amide bonds. The molecule has 0 spiro atoms. The lowest BCUT2D eigenvalue weighted by molar-refractivity contribution is -0.213. The number of halogens is 6. The van der Waals surface area contributed by atoms with E-state index in [1.807, 2.05) is 142 Å². The third-order valence-electron chi connectivity index (χ3n) is 17.7. The summed E-state index contributed by atoms with van der Waals surface area (Å²) in [6, 6.07) is 65.6. The highest BCUT2D eigenvalue weighted by Gasteiger charge is 2.35. The van der Waals surface area contributed by atoms with Gasteiger partial charge in [-0.05, 0) is 240 Å². The van der Waals surface area contributed by atoms with Crippen molar-refractivity contribution in [1.82, 2.24) is 78.0 Å². The Balaban J connectivity index is 0.000000195. The molecule has 0 atom stereocenters. The number of hydrogen-bond donors (Lipinski definition) is 0. The summed E-state index contributed by atoms with van der Waals surface area (Å²) >= 11 is 1.87. The Morgan fingerprint density at radius 1 is 0.348 bits per heavy atom. The van der Waals surface area contributed by atoms with Crippen molar-refractivity contribution in [3.63, 3.8) is 0 Å². The van der Waals surface area contributed by atoms with Crippen molar-refractivity contribution in [2.24, 2.45) is 14.1 Å². The van der Waals surface area contributed by atoms with Crippen LogP contribution in [-0.2, 0) is 26.7 Å². The quantitative estimate of drug-likeness (QED) is 0.150. The first kappa shape index (κ1) is 89.2. The van der Waals surface area contributed by atoms with Crippen LogP contribution in [0.25, 0.3) is 38.8 Å². The predicted molar refractivity (Wildman–Crippen MR) is 437 cm³/mol. The third kappa shape index (κ3) is 26.2. The smallest absolute Gasteiger partial charge is 0.461 e. The molecule has 10 aromatic heterocycles. The fourth-order valence-electron chi connectivity index (χ4n) is 11.2. The predicted octanol–water partition coefficient (Wildman–Crippen LogP) is 22.4. The van der Waals surface area contributed by atoms with Crippen LogP contribution in [0.2, 0.25) is 0 Å². The van der Waals surface area contributed by atoms with Crippen LogP contribution in [0.1, 0.15) is 125 Å². The van der Waals surface area contributed by atoms with Gasteiger partial charge in [-0.3, -0.25) is 4.57 Å². The highest BCUT2D eigenvalue weighted by atomic mass is 32.1. The molecule has 0 saturated carbocycles. The topological polar surface area (TPSA) is 177 Å². The average Bonchev–Trinajstić information content (AvgIpc) is 1.68.